The summed E-state index contributed by atoms with van der Waals surface area (Å²) in [7, 11) is 0. The van der Waals surface area contributed by atoms with Gasteiger partial charge in [0.25, 0.3) is 0 Å². The molecule has 5 nitrogen and oxygen atoms in total. The van der Waals surface area contributed by atoms with Crippen molar-refractivity contribution in [2.45, 2.75) is 38.5 Å². The van der Waals surface area contributed by atoms with Crippen LogP contribution in [0.1, 0.15) is 44.4 Å². The number of aromatic nitrogens is 1. The van der Waals surface area contributed by atoms with Crippen molar-refractivity contribution in [2.75, 3.05) is 19.7 Å². The molecule has 0 aliphatic carbocycles. The van der Waals surface area contributed by atoms with E-state index < -0.39 is 0 Å². The highest BCUT2D eigenvalue weighted by atomic mass is 16.6. The van der Waals surface area contributed by atoms with E-state index in [2.05, 4.69) is 19.1 Å². The molecule has 3 aromatic rings. The SMILES string of the molecule is CCCCOC(=O)N1CCC(c2nc(-c3ccccc3)c(-c3ccccc3)o2)CC1. The lowest BCUT2D eigenvalue weighted by atomic mass is 9.97. The first-order valence-electron chi connectivity index (χ1n) is 10.8. The number of carbonyl (C=O) groups excluding carboxylic acids is 1. The normalized spacial score (nSPS) is 14.6. The zero-order valence-corrected chi connectivity index (χ0v) is 17.4. The first-order chi connectivity index (χ1) is 14.8. The van der Waals surface area contributed by atoms with Gasteiger partial charge < -0.3 is 14.1 Å². The number of likely N-dealkylation sites (tertiary alicyclic amines) is 1. The highest BCUT2D eigenvalue weighted by Gasteiger charge is 2.29. The van der Waals surface area contributed by atoms with Gasteiger partial charge in [-0.3, -0.25) is 0 Å². The summed E-state index contributed by atoms with van der Waals surface area (Å²) < 4.78 is 11.7. The molecule has 0 bridgehead atoms. The molecule has 0 unspecified atom stereocenters. The summed E-state index contributed by atoms with van der Waals surface area (Å²) in [6, 6.07) is 20.3. The Hall–Kier alpha value is -3.08. The van der Waals surface area contributed by atoms with Gasteiger partial charge in [0, 0.05) is 30.1 Å². The molecule has 1 fully saturated rings. The molecule has 30 heavy (non-hydrogen) atoms. The number of carbonyl (C=O) groups is 1. The molecule has 0 saturated carbocycles. The number of hydrogen-bond donors (Lipinski definition) is 0. The first-order valence-corrected chi connectivity index (χ1v) is 10.8. The number of hydrogen-bond acceptors (Lipinski definition) is 4. The van der Waals surface area contributed by atoms with Gasteiger partial charge in [0.2, 0.25) is 0 Å². The van der Waals surface area contributed by atoms with E-state index in [1.54, 1.807) is 4.90 Å². The van der Waals surface area contributed by atoms with E-state index in [-0.39, 0.29) is 12.0 Å². The van der Waals surface area contributed by atoms with Crippen LogP contribution >= 0.6 is 0 Å². The average Bonchev–Trinajstić information content (AvgIpc) is 3.26. The molecular formula is C25H28N2O3. The molecule has 1 aliphatic heterocycles. The van der Waals surface area contributed by atoms with Crippen molar-refractivity contribution >= 4 is 6.09 Å². The Balaban J connectivity index is 1.52. The molecule has 0 spiro atoms. The van der Waals surface area contributed by atoms with E-state index in [0.717, 1.165) is 54.2 Å². The van der Waals surface area contributed by atoms with Crippen molar-refractivity contribution in [3.05, 3.63) is 66.6 Å². The van der Waals surface area contributed by atoms with Crippen LogP contribution in [-0.4, -0.2) is 35.7 Å². The van der Waals surface area contributed by atoms with Crippen LogP contribution in [0.2, 0.25) is 0 Å². The number of piperidine rings is 1. The molecular weight excluding hydrogens is 376 g/mol. The fourth-order valence-electron chi connectivity index (χ4n) is 3.79. The summed E-state index contributed by atoms with van der Waals surface area (Å²) in [4.78, 5) is 18.9. The minimum absolute atomic E-state index is 0.199. The van der Waals surface area contributed by atoms with Crippen molar-refractivity contribution < 1.29 is 13.9 Å². The maximum absolute atomic E-state index is 12.2. The van der Waals surface area contributed by atoms with Gasteiger partial charge in [0.15, 0.2) is 11.7 Å². The minimum atomic E-state index is -0.204. The van der Waals surface area contributed by atoms with Gasteiger partial charge in [-0.15, -0.1) is 0 Å². The Kier molecular flexibility index (Phi) is 6.47. The zero-order chi connectivity index (χ0) is 20.8. The van der Waals surface area contributed by atoms with Crippen molar-refractivity contribution in [1.82, 2.24) is 9.88 Å². The predicted octanol–water partition coefficient (Wildman–Crippen LogP) is 6.12. The van der Waals surface area contributed by atoms with E-state index in [1.807, 2.05) is 48.5 Å². The molecule has 0 N–H and O–H groups in total. The van der Waals surface area contributed by atoms with Crippen molar-refractivity contribution in [1.29, 1.82) is 0 Å². The summed E-state index contributed by atoms with van der Waals surface area (Å²) in [5, 5.41) is 0. The van der Waals surface area contributed by atoms with E-state index in [0.29, 0.717) is 19.7 Å². The Labute approximate surface area is 177 Å². The van der Waals surface area contributed by atoms with E-state index in [4.69, 9.17) is 14.1 Å². The third-order valence-corrected chi connectivity index (χ3v) is 5.55. The first kappa shape index (κ1) is 20.2. The highest BCUT2D eigenvalue weighted by Crippen LogP contribution is 2.37. The van der Waals surface area contributed by atoms with E-state index >= 15 is 0 Å². The number of ether oxygens (including phenoxy) is 1. The summed E-state index contributed by atoms with van der Waals surface area (Å²) in [6.45, 7) is 3.91. The van der Waals surface area contributed by atoms with Gasteiger partial charge in [0.1, 0.15) is 5.69 Å². The molecule has 1 saturated heterocycles. The van der Waals surface area contributed by atoms with Crippen LogP contribution in [0.4, 0.5) is 4.79 Å². The van der Waals surface area contributed by atoms with E-state index in [9.17, 15) is 4.79 Å². The van der Waals surface area contributed by atoms with E-state index in [1.165, 1.54) is 0 Å². The molecule has 0 atom stereocenters. The molecule has 2 heterocycles. The third kappa shape index (κ3) is 4.56. The third-order valence-electron chi connectivity index (χ3n) is 5.55. The molecule has 1 aromatic heterocycles. The summed E-state index contributed by atoms with van der Waals surface area (Å²) >= 11 is 0. The predicted molar refractivity (Wildman–Crippen MR) is 117 cm³/mol. The molecule has 156 valence electrons. The van der Waals surface area contributed by atoms with Crippen molar-refractivity contribution in [2.24, 2.45) is 0 Å². The highest BCUT2D eigenvalue weighted by molar-refractivity contribution is 5.76. The van der Waals surface area contributed by atoms with Crippen LogP contribution in [0.15, 0.2) is 65.1 Å². The molecule has 1 aliphatic rings. The van der Waals surface area contributed by atoms with Gasteiger partial charge in [-0.2, -0.15) is 0 Å². The second kappa shape index (κ2) is 9.61. The summed E-state index contributed by atoms with van der Waals surface area (Å²) in [5.74, 6) is 1.76. The van der Waals surface area contributed by atoms with Gasteiger partial charge in [0.05, 0.1) is 6.61 Å². The Morgan fingerprint density at radius 1 is 1.03 bits per heavy atom. The van der Waals surface area contributed by atoms with Gasteiger partial charge in [-0.25, -0.2) is 9.78 Å². The molecule has 2 aromatic carbocycles. The monoisotopic (exact) mass is 404 g/mol. The van der Waals surface area contributed by atoms with Crippen molar-refractivity contribution in [3.8, 4) is 22.6 Å². The topological polar surface area (TPSA) is 55.6 Å². The van der Waals surface area contributed by atoms with Crippen LogP contribution in [0.25, 0.3) is 22.6 Å². The van der Waals surface area contributed by atoms with Gasteiger partial charge >= 0.3 is 6.09 Å². The number of nitrogens with zero attached hydrogens (tertiary/aromatic N) is 2. The Bertz CT molecular complexity index is 888. The van der Waals surface area contributed by atoms with Crippen LogP contribution in [0, 0.1) is 0 Å². The molecule has 4 rings (SSSR count). The average molecular weight is 405 g/mol. The minimum Gasteiger partial charge on any atom is -0.449 e. The summed E-state index contributed by atoms with van der Waals surface area (Å²) in [6.07, 6.45) is 3.37. The van der Waals surface area contributed by atoms with Crippen LogP contribution in [-0.2, 0) is 4.74 Å². The smallest absolute Gasteiger partial charge is 0.409 e. The second-order valence-corrected chi connectivity index (χ2v) is 7.69. The van der Waals surface area contributed by atoms with Crippen LogP contribution < -0.4 is 0 Å². The van der Waals surface area contributed by atoms with Gasteiger partial charge in [-0.05, 0) is 19.3 Å². The molecule has 1 amide bonds. The Morgan fingerprint density at radius 2 is 1.67 bits per heavy atom. The lowest BCUT2D eigenvalue weighted by Gasteiger charge is -2.29. The second-order valence-electron chi connectivity index (χ2n) is 7.69. The largest absolute Gasteiger partial charge is 0.449 e. The lowest BCUT2D eigenvalue weighted by Crippen LogP contribution is -2.38. The fourth-order valence-corrected chi connectivity index (χ4v) is 3.79. The van der Waals surface area contributed by atoms with Crippen LogP contribution in [0.5, 0.6) is 0 Å². The molecule has 0 radical (unpaired) electrons. The number of rotatable bonds is 6. The standard InChI is InChI=1S/C25H28N2O3/c1-2-3-18-29-25(28)27-16-14-21(15-17-27)24-26-22(19-10-6-4-7-11-19)23(30-24)20-12-8-5-9-13-20/h4-13,21H,2-3,14-18H2,1H3. The van der Waals surface area contributed by atoms with Crippen molar-refractivity contribution in [3.63, 3.8) is 0 Å². The fraction of sp³-hybridized carbons (Fsp3) is 0.360. The lowest BCUT2D eigenvalue weighted by molar-refractivity contribution is 0.0901. The van der Waals surface area contributed by atoms with Crippen LogP contribution in [0.3, 0.4) is 0 Å². The maximum atomic E-state index is 12.2. The number of unbranched alkanes of at least 4 members (excludes halogenated alkanes) is 1. The van der Waals surface area contributed by atoms with Gasteiger partial charge in [-0.1, -0.05) is 74.0 Å². The Morgan fingerprint density at radius 3 is 2.30 bits per heavy atom. The quantitative estimate of drug-likeness (QED) is 0.464. The number of amides is 1. The zero-order valence-electron chi connectivity index (χ0n) is 17.4. The summed E-state index contributed by atoms with van der Waals surface area (Å²) in [5.41, 5.74) is 2.94. The molecule has 5 heteroatoms. The number of benzene rings is 2. The number of oxazole rings is 1. The maximum Gasteiger partial charge on any atom is 0.409 e.